The Hall–Kier alpha value is -3.94. The molecule has 0 bridgehead atoms. The number of rotatable bonds is 6. The second-order valence-corrected chi connectivity index (χ2v) is 10.1. The molecule has 0 radical (unpaired) electrons. The van der Waals surface area contributed by atoms with Crippen LogP contribution in [0.5, 0.6) is 0 Å². The van der Waals surface area contributed by atoms with E-state index in [0.717, 1.165) is 28.1 Å². The molecule has 1 fully saturated rings. The molecule has 2 aliphatic rings. The largest absolute Gasteiger partial charge is 0.351 e. The Morgan fingerprint density at radius 1 is 1.14 bits per heavy atom. The molecule has 0 spiro atoms. The summed E-state index contributed by atoms with van der Waals surface area (Å²) in [6, 6.07) is 14.1. The predicted octanol–water partition coefficient (Wildman–Crippen LogP) is 4.79. The van der Waals surface area contributed by atoms with E-state index in [0.29, 0.717) is 30.8 Å². The molecule has 0 atom stereocenters. The molecule has 1 saturated carbocycles. The maximum absolute atomic E-state index is 12.3. The number of nitrogens with zero attached hydrogens (tertiary/aromatic N) is 5. The van der Waals surface area contributed by atoms with E-state index in [9.17, 15) is 4.79 Å². The van der Waals surface area contributed by atoms with E-state index in [1.165, 1.54) is 18.5 Å². The van der Waals surface area contributed by atoms with E-state index in [-0.39, 0.29) is 11.3 Å². The Morgan fingerprint density at radius 3 is 2.69 bits per heavy atom. The lowest BCUT2D eigenvalue weighted by Gasteiger charge is -2.32. The number of carbonyl (C=O) groups is 1. The normalized spacial score (nSPS) is 16.6. The number of amides is 1. The highest BCUT2D eigenvalue weighted by molar-refractivity contribution is 5.98. The first-order valence-corrected chi connectivity index (χ1v) is 12.2. The van der Waals surface area contributed by atoms with Gasteiger partial charge < -0.3 is 15.2 Å². The Bertz CT molecular complexity index is 1410. The highest BCUT2D eigenvalue weighted by atomic mass is 16.1. The molecule has 6 rings (SSSR count). The molecule has 8 nitrogen and oxygen atoms in total. The van der Waals surface area contributed by atoms with Crippen molar-refractivity contribution in [1.82, 2.24) is 29.6 Å². The molecule has 8 heteroatoms. The first-order valence-electron chi connectivity index (χ1n) is 12.2. The number of hydrogen-bond donors (Lipinski definition) is 2. The van der Waals surface area contributed by atoms with E-state index < -0.39 is 0 Å². The maximum Gasteiger partial charge on any atom is 0.251 e. The lowest BCUT2D eigenvalue weighted by Crippen LogP contribution is -2.43. The van der Waals surface area contributed by atoms with Crippen molar-refractivity contribution in [3.63, 3.8) is 0 Å². The summed E-state index contributed by atoms with van der Waals surface area (Å²) in [5, 5.41) is 11.1. The fourth-order valence-corrected chi connectivity index (χ4v) is 4.63. The van der Waals surface area contributed by atoms with Gasteiger partial charge in [0.1, 0.15) is 0 Å². The van der Waals surface area contributed by atoms with Gasteiger partial charge >= 0.3 is 0 Å². The minimum Gasteiger partial charge on any atom is -0.351 e. The fourth-order valence-electron chi connectivity index (χ4n) is 4.63. The van der Waals surface area contributed by atoms with E-state index >= 15 is 0 Å². The summed E-state index contributed by atoms with van der Waals surface area (Å²) in [7, 11) is 0. The van der Waals surface area contributed by atoms with Crippen molar-refractivity contribution >= 4 is 17.5 Å². The van der Waals surface area contributed by atoms with Gasteiger partial charge in [0.25, 0.3) is 5.91 Å². The van der Waals surface area contributed by atoms with Crippen LogP contribution in [-0.2, 0) is 12.0 Å². The summed E-state index contributed by atoms with van der Waals surface area (Å²) in [5.41, 5.74) is 5.72. The highest BCUT2D eigenvalue weighted by Gasteiger charge is 2.31. The average Bonchev–Trinajstić information content (AvgIpc) is 3.45. The Labute approximate surface area is 204 Å². The minimum absolute atomic E-state index is 0.0206. The molecule has 1 aliphatic carbocycles. The van der Waals surface area contributed by atoms with Crippen LogP contribution in [0.4, 0.5) is 11.6 Å². The fraction of sp³-hybridized carbons (Fsp3) is 0.333. The van der Waals surface area contributed by atoms with Gasteiger partial charge in [0.2, 0.25) is 5.95 Å². The first kappa shape index (κ1) is 21.6. The number of aromatic nitrogens is 5. The Balaban J connectivity index is 1.26. The maximum atomic E-state index is 12.3. The number of anilines is 2. The van der Waals surface area contributed by atoms with Crippen LogP contribution in [0.2, 0.25) is 0 Å². The van der Waals surface area contributed by atoms with Gasteiger partial charge in [0.05, 0.1) is 12.0 Å². The minimum atomic E-state index is -0.138. The first-order chi connectivity index (χ1) is 16.9. The van der Waals surface area contributed by atoms with E-state index in [1.54, 1.807) is 0 Å². The Morgan fingerprint density at radius 2 is 1.94 bits per heavy atom. The number of imidazole rings is 1. The van der Waals surface area contributed by atoms with Gasteiger partial charge in [-0.05, 0) is 67.8 Å². The van der Waals surface area contributed by atoms with Gasteiger partial charge in [-0.15, -0.1) is 5.10 Å². The lowest BCUT2D eigenvalue weighted by molar-refractivity contribution is 0.0930. The third-order valence-corrected chi connectivity index (χ3v) is 6.93. The molecular formula is C27H29N7O. The van der Waals surface area contributed by atoms with E-state index in [4.69, 9.17) is 10.1 Å². The SMILES string of the molecule is CCn1nc(-c2ccc(-n3cnc(C4CC4)c3)cc2)nc1Nc1ccc2c(c1)C(C)(C)CNC2=O. The summed E-state index contributed by atoms with van der Waals surface area (Å²) in [5.74, 6) is 1.96. The predicted molar refractivity (Wildman–Crippen MR) is 135 cm³/mol. The third-order valence-electron chi connectivity index (χ3n) is 6.93. The zero-order valence-corrected chi connectivity index (χ0v) is 20.2. The number of carbonyl (C=O) groups excluding carboxylic acids is 1. The smallest absolute Gasteiger partial charge is 0.251 e. The standard InChI is InChI=1S/C27H29N7O/c1-4-34-26(30-19-9-12-21-22(13-19)27(2,3)15-28-25(21)35)31-24(32-34)18-7-10-20(11-8-18)33-14-23(29-16-33)17-5-6-17/h7-14,16-17H,4-6,15H2,1-3H3,(H,28,35)(H,30,31,32). The van der Waals surface area contributed by atoms with Crippen LogP contribution >= 0.6 is 0 Å². The average molecular weight is 468 g/mol. The molecule has 3 heterocycles. The van der Waals surface area contributed by atoms with Crippen molar-refractivity contribution < 1.29 is 4.79 Å². The van der Waals surface area contributed by atoms with Gasteiger partial charge in [0, 0.05) is 53.1 Å². The summed E-state index contributed by atoms with van der Waals surface area (Å²) in [4.78, 5) is 21.6. The summed E-state index contributed by atoms with van der Waals surface area (Å²) in [6.07, 6.45) is 6.51. The molecule has 178 valence electrons. The van der Waals surface area contributed by atoms with Crippen molar-refractivity contribution in [1.29, 1.82) is 0 Å². The summed E-state index contributed by atoms with van der Waals surface area (Å²) >= 11 is 0. The lowest BCUT2D eigenvalue weighted by atomic mass is 9.79. The van der Waals surface area contributed by atoms with Gasteiger partial charge in [-0.3, -0.25) is 4.79 Å². The number of aryl methyl sites for hydroxylation is 1. The molecule has 0 saturated heterocycles. The zero-order chi connectivity index (χ0) is 24.2. The van der Waals surface area contributed by atoms with Crippen LogP contribution < -0.4 is 10.6 Å². The Kier molecular flexibility index (Phi) is 4.98. The van der Waals surface area contributed by atoms with Crippen LogP contribution in [0.25, 0.3) is 17.1 Å². The van der Waals surface area contributed by atoms with Crippen LogP contribution in [-0.4, -0.2) is 36.8 Å². The topological polar surface area (TPSA) is 89.7 Å². The molecular weight excluding hydrogens is 438 g/mol. The van der Waals surface area contributed by atoms with Crippen LogP contribution in [0.1, 0.15) is 61.1 Å². The molecule has 1 aliphatic heterocycles. The number of fused-ring (bicyclic) bond motifs is 1. The van der Waals surface area contributed by atoms with Crippen molar-refractivity contribution in [3.05, 3.63) is 71.8 Å². The van der Waals surface area contributed by atoms with Crippen LogP contribution in [0, 0.1) is 0 Å². The molecule has 2 aromatic heterocycles. The van der Waals surface area contributed by atoms with Gasteiger partial charge in [-0.2, -0.15) is 4.98 Å². The molecule has 0 unspecified atom stereocenters. The van der Waals surface area contributed by atoms with Gasteiger partial charge in [-0.1, -0.05) is 13.8 Å². The van der Waals surface area contributed by atoms with Crippen LogP contribution in [0.15, 0.2) is 55.0 Å². The molecule has 35 heavy (non-hydrogen) atoms. The van der Waals surface area contributed by atoms with Gasteiger partial charge in [-0.25, -0.2) is 9.67 Å². The number of hydrogen-bond acceptors (Lipinski definition) is 5. The van der Waals surface area contributed by atoms with Gasteiger partial charge in [0.15, 0.2) is 5.82 Å². The van der Waals surface area contributed by atoms with Crippen molar-refractivity contribution in [2.75, 3.05) is 11.9 Å². The quantitative estimate of drug-likeness (QED) is 0.425. The highest BCUT2D eigenvalue weighted by Crippen LogP contribution is 2.39. The van der Waals surface area contributed by atoms with E-state index in [2.05, 4.69) is 58.4 Å². The number of benzene rings is 2. The third kappa shape index (κ3) is 3.99. The van der Waals surface area contributed by atoms with Crippen molar-refractivity contribution in [3.8, 4) is 17.1 Å². The summed E-state index contributed by atoms with van der Waals surface area (Å²) < 4.78 is 3.93. The van der Waals surface area contributed by atoms with Crippen LogP contribution in [0.3, 0.4) is 0 Å². The molecule has 2 aromatic carbocycles. The summed E-state index contributed by atoms with van der Waals surface area (Å²) in [6.45, 7) is 7.63. The monoisotopic (exact) mass is 467 g/mol. The zero-order valence-electron chi connectivity index (χ0n) is 20.2. The second-order valence-electron chi connectivity index (χ2n) is 10.1. The van der Waals surface area contributed by atoms with Crippen molar-refractivity contribution in [2.24, 2.45) is 0 Å². The van der Waals surface area contributed by atoms with Crippen molar-refractivity contribution in [2.45, 2.75) is 51.5 Å². The molecule has 4 aromatic rings. The molecule has 1 amide bonds. The molecule has 2 N–H and O–H groups in total. The number of nitrogens with one attached hydrogen (secondary N) is 2. The second kappa shape index (κ2) is 8.08. The van der Waals surface area contributed by atoms with E-state index in [1.807, 2.05) is 42.2 Å².